The van der Waals surface area contributed by atoms with Crippen molar-refractivity contribution in [1.82, 2.24) is 20.0 Å². The zero-order valence-corrected chi connectivity index (χ0v) is 18.2. The maximum atomic E-state index is 14.3. The van der Waals surface area contributed by atoms with Gasteiger partial charge in [0.25, 0.3) is 5.91 Å². The fourth-order valence-corrected chi connectivity index (χ4v) is 3.86. The maximum Gasteiger partial charge on any atom is 0.256 e. The fourth-order valence-electron chi connectivity index (χ4n) is 3.86. The first-order valence-corrected chi connectivity index (χ1v) is 10.7. The first kappa shape index (κ1) is 21.7. The lowest BCUT2D eigenvalue weighted by Crippen LogP contribution is -2.31. The van der Waals surface area contributed by atoms with E-state index >= 15 is 0 Å². The quantitative estimate of drug-likeness (QED) is 0.447. The molecule has 2 heterocycles. The van der Waals surface area contributed by atoms with E-state index in [2.05, 4.69) is 15.5 Å². The first-order chi connectivity index (χ1) is 16.5. The number of ether oxygens (including phenoxy) is 1. The summed E-state index contributed by atoms with van der Waals surface area (Å²) in [5, 5.41) is 6.48. The molecule has 8 nitrogen and oxygen atoms in total. The number of hydrogen-bond acceptors (Lipinski definition) is 6. The standard InChI is InChI=1S/C24H20F2N4O4/c1-33-22-19(26)17(25)11-15-20(22)30(14-7-8-14)12-16(21(15)31)24(32)27-10-9-18-28-23(29-34-18)13-5-3-2-4-6-13/h2-6,11-12,14H,7-10H2,1H3,(H,27,32). The second kappa shape index (κ2) is 8.69. The van der Waals surface area contributed by atoms with E-state index in [1.807, 2.05) is 30.3 Å². The molecule has 34 heavy (non-hydrogen) atoms. The van der Waals surface area contributed by atoms with Gasteiger partial charge in [0.2, 0.25) is 23.0 Å². The number of rotatable bonds is 7. The van der Waals surface area contributed by atoms with Gasteiger partial charge in [-0.1, -0.05) is 35.5 Å². The van der Waals surface area contributed by atoms with E-state index in [-0.39, 0.29) is 41.2 Å². The lowest BCUT2D eigenvalue weighted by molar-refractivity contribution is 0.0951. The van der Waals surface area contributed by atoms with Gasteiger partial charge in [-0.25, -0.2) is 4.39 Å². The molecule has 1 saturated carbocycles. The van der Waals surface area contributed by atoms with Crippen LogP contribution < -0.4 is 15.5 Å². The number of hydrogen-bond donors (Lipinski definition) is 1. The SMILES string of the molecule is COc1c(F)c(F)cc2c(=O)c(C(=O)NCCc3nc(-c4ccccc4)no3)cn(C3CC3)c12. The highest BCUT2D eigenvalue weighted by molar-refractivity contribution is 5.98. The Bertz CT molecular complexity index is 1450. The molecule has 174 valence electrons. The zero-order chi connectivity index (χ0) is 23.8. The van der Waals surface area contributed by atoms with Gasteiger partial charge in [-0.05, 0) is 18.9 Å². The third kappa shape index (κ3) is 3.91. The largest absolute Gasteiger partial charge is 0.491 e. The second-order valence-corrected chi connectivity index (χ2v) is 8.00. The van der Waals surface area contributed by atoms with Gasteiger partial charge in [-0.15, -0.1) is 0 Å². The maximum absolute atomic E-state index is 14.3. The van der Waals surface area contributed by atoms with Gasteiger partial charge >= 0.3 is 0 Å². The van der Waals surface area contributed by atoms with Gasteiger partial charge in [0, 0.05) is 30.8 Å². The van der Waals surface area contributed by atoms with E-state index < -0.39 is 23.0 Å². The van der Waals surface area contributed by atoms with Crippen molar-refractivity contribution in [3.63, 3.8) is 0 Å². The number of fused-ring (bicyclic) bond motifs is 1. The number of methoxy groups -OCH3 is 1. The van der Waals surface area contributed by atoms with E-state index in [4.69, 9.17) is 9.26 Å². The molecule has 0 radical (unpaired) electrons. The summed E-state index contributed by atoms with van der Waals surface area (Å²) in [5.41, 5.74) is 0.0795. The molecule has 0 bridgehead atoms. The van der Waals surface area contributed by atoms with Crippen molar-refractivity contribution < 1.29 is 22.8 Å². The number of nitrogens with one attached hydrogen (secondary N) is 1. The van der Waals surface area contributed by atoms with Crippen LogP contribution in [0.4, 0.5) is 8.78 Å². The molecular weight excluding hydrogens is 446 g/mol. The highest BCUT2D eigenvalue weighted by atomic mass is 19.2. The van der Waals surface area contributed by atoms with Gasteiger partial charge in [-0.3, -0.25) is 9.59 Å². The molecule has 1 amide bonds. The summed E-state index contributed by atoms with van der Waals surface area (Å²) in [6.07, 6.45) is 3.23. The van der Waals surface area contributed by atoms with Crippen LogP contribution in [0.5, 0.6) is 5.75 Å². The average molecular weight is 466 g/mol. The molecule has 0 saturated heterocycles. The Morgan fingerprint density at radius 2 is 2.03 bits per heavy atom. The number of carbonyl (C=O) groups is 1. The monoisotopic (exact) mass is 466 g/mol. The molecule has 2 aromatic heterocycles. The summed E-state index contributed by atoms with van der Waals surface area (Å²) in [6, 6.07) is 10.1. The Morgan fingerprint density at radius 3 is 2.74 bits per heavy atom. The van der Waals surface area contributed by atoms with Gasteiger partial charge in [0.1, 0.15) is 5.56 Å². The summed E-state index contributed by atoms with van der Waals surface area (Å²) >= 11 is 0. The van der Waals surface area contributed by atoms with Gasteiger partial charge < -0.3 is 19.1 Å². The molecule has 1 fully saturated rings. The molecule has 1 aliphatic rings. The van der Waals surface area contributed by atoms with Crippen LogP contribution in [0.3, 0.4) is 0 Å². The van der Waals surface area contributed by atoms with Crippen LogP contribution in [-0.2, 0) is 6.42 Å². The number of halogens is 2. The highest BCUT2D eigenvalue weighted by Crippen LogP contribution is 2.40. The van der Waals surface area contributed by atoms with Crippen molar-refractivity contribution in [2.75, 3.05) is 13.7 Å². The molecular formula is C24H20F2N4O4. The summed E-state index contributed by atoms with van der Waals surface area (Å²) in [5.74, 6) is -2.60. The van der Waals surface area contributed by atoms with E-state index in [1.54, 1.807) is 4.57 Å². The summed E-state index contributed by atoms with van der Waals surface area (Å²) in [7, 11) is 1.21. The normalized spacial score (nSPS) is 13.3. The minimum atomic E-state index is -1.22. The third-order valence-electron chi connectivity index (χ3n) is 5.68. The minimum absolute atomic E-state index is 0.0248. The Morgan fingerprint density at radius 1 is 1.26 bits per heavy atom. The van der Waals surface area contributed by atoms with Crippen molar-refractivity contribution in [2.24, 2.45) is 0 Å². The number of carbonyl (C=O) groups excluding carboxylic acids is 1. The Labute approximate surface area is 192 Å². The number of aromatic nitrogens is 3. The number of amides is 1. The molecule has 4 aromatic rings. The average Bonchev–Trinajstić information content (AvgIpc) is 3.58. The molecule has 1 aliphatic carbocycles. The Hall–Kier alpha value is -4.08. The number of pyridine rings is 1. The predicted molar refractivity (Wildman–Crippen MR) is 119 cm³/mol. The van der Waals surface area contributed by atoms with Crippen LogP contribution in [0, 0.1) is 11.6 Å². The van der Waals surface area contributed by atoms with Crippen molar-refractivity contribution >= 4 is 16.8 Å². The van der Waals surface area contributed by atoms with Crippen molar-refractivity contribution in [2.45, 2.75) is 25.3 Å². The Balaban J connectivity index is 1.39. The van der Waals surface area contributed by atoms with Crippen LogP contribution in [0.1, 0.15) is 35.1 Å². The molecule has 0 aliphatic heterocycles. The van der Waals surface area contributed by atoms with Crippen LogP contribution in [-0.4, -0.2) is 34.3 Å². The summed E-state index contributed by atoms with van der Waals surface area (Å²) < 4.78 is 40.4. The van der Waals surface area contributed by atoms with Gasteiger partial charge in [0.15, 0.2) is 11.6 Å². The van der Waals surface area contributed by atoms with E-state index in [0.717, 1.165) is 24.5 Å². The van der Waals surface area contributed by atoms with Gasteiger partial charge in [-0.2, -0.15) is 9.37 Å². The van der Waals surface area contributed by atoms with Crippen molar-refractivity contribution in [3.8, 4) is 17.1 Å². The van der Waals surface area contributed by atoms with Crippen LogP contribution >= 0.6 is 0 Å². The molecule has 0 atom stereocenters. The lowest BCUT2D eigenvalue weighted by atomic mass is 10.1. The molecule has 0 spiro atoms. The van der Waals surface area contributed by atoms with E-state index in [9.17, 15) is 18.4 Å². The predicted octanol–water partition coefficient (Wildman–Crippen LogP) is 3.65. The topological polar surface area (TPSA) is 99.2 Å². The third-order valence-corrected chi connectivity index (χ3v) is 5.68. The molecule has 1 N–H and O–H groups in total. The fraction of sp³-hybridized carbons (Fsp3) is 0.250. The van der Waals surface area contributed by atoms with Crippen LogP contribution in [0.25, 0.3) is 22.3 Å². The lowest BCUT2D eigenvalue weighted by Gasteiger charge is -2.16. The smallest absolute Gasteiger partial charge is 0.256 e. The van der Waals surface area contributed by atoms with Crippen LogP contribution in [0.15, 0.2) is 51.9 Å². The number of benzene rings is 2. The first-order valence-electron chi connectivity index (χ1n) is 10.7. The van der Waals surface area contributed by atoms with Crippen molar-refractivity contribution in [3.05, 3.63) is 75.9 Å². The number of nitrogens with zero attached hydrogens (tertiary/aromatic N) is 3. The minimum Gasteiger partial charge on any atom is -0.491 e. The van der Waals surface area contributed by atoms with E-state index in [0.29, 0.717) is 11.7 Å². The van der Waals surface area contributed by atoms with Crippen molar-refractivity contribution in [1.29, 1.82) is 0 Å². The molecule has 0 unspecified atom stereocenters. The van der Waals surface area contributed by atoms with Crippen LogP contribution in [0.2, 0.25) is 0 Å². The summed E-state index contributed by atoms with van der Waals surface area (Å²) in [4.78, 5) is 30.2. The Kier molecular flexibility index (Phi) is 5.56. The molecule has 2 aromatic carbocycles. The van der Waals surface area contributed by atoms with E-state index in [1.165, 1.54) is 13.3 Å². The highest BCUT2D eigenvalue weighted by Gasteiger charge is 2.30. The molecule has 5 rings (SSSR count). The molecule has 10 heteroatoms. The van der Waals surface area contributed by atoms with Gasteiger partial charge in [0.05, 0.1) is 18.0 Å². The second-order valence-electron chi connectivity index (χ2n) is 8.00. The zero-order valence-electron chi connectivity index (χ0n) is 18.2. The summed E-state index contributed by atoms with van der Waals surface area (Å²) in [6.45, 7) is 0.136.